The first-order valence-electron chi connectivity index (χ1n) is 9.04. The zero-order valence-electron chi connectivity index (χ0n) is 17.2. The maximum atomic E-state index is 11.6. The van der Waals surface area contributed by atoms with Crippen LogP contribution in [0.4, 0.5) is 21.0 Å². The highest BCUT2D eigenvalue weighted by atomic mass is 16.5. The maximum Gasteiger partial charge on any atom is 0.411 e. The van der Waals surface area contributed by atoms with E-state index in [0.29, 0.717) is 40.3 Å². The lowest BCUT2D eigenvalue weighted by atomic mass is 10.1. The lowest BCUT2D eigenvalue weighted by molar-refractivity contribution is 0.112. The third-order valence-corrected chi connectivity index (χ3v) is 4.08. The van der Waals surface area contributed by atoms with Gasteiger partial charge in [-0.2, -0.15) is 0 Å². The number of carbonyl (C=O) groups excluding carboxylic acids is 3. The highest BCUT2D eigenvalue weighted by molar-refractivity contribution is 5.89. The van der Waals surface area contributed by atoms with Crippen LogP contribution in [0.25, 0.3) is 0 Å². The van der Waals surface area contributed by atoms with E-state index in [2.05, 4.69) is 20.1 Å². The van der Waals surface area contributed by atoms with E-state index in [9.17, 15) is 14.4 Å². The van der Waals surface area contributed by atoms with Crippen molar-refractivity contribution in [3.8, 4) is 11.5 Å². The van der Waals surface area contributed by atoms with Crippen LogP contribution in [0.2, 0.25) is 0 Å². The lowest BCUT2D eigenvalue weighted by Crippen LogP contribution is -2.16. The van der Waals surface area contributed by atoms with Gasteiger partial charge in [0, 0.05) is 5.56 Å². The molecule has 0 unspecified atom stereocenters. The molecular formula is C21H24N2O7. The van der Waals surface area contributed by atoms with Crippen LogP contribution in [0.1, 0.15) is 21.5 Å². The standard InChI is InChI=1S/C21H24N2O7/c1-13-5-6-16(22-20(25)27-3)18(9-13)29-7-8-30-19-11-15(12-24)14(2)10-17(19)23-21(26)28-4/h5-6,9-12H,7-8H2,1-4H3,(H,22,25)(H,23,26). The number of amides is 2. The van der Waals surface area contributed by atoms with Gasteiger partial charge in [-0.15, -0.1) is 0 Å². The molecule has 2 amide bonds. The molecule has 0 saturated carbocycles. The highest BCUT2D eigenvalue weighted by Crippen LogP contribution is 2.29. The number of carbonyl (C=O) groups is 3. The fourth-order valence-electron chi connectivity index (χ4n) is 2.53. The minimum atomic E-state index is -0.660. The van der Waals surface area contributed by atoms with Crippen LogP contribution in [0.15, 0.2) is 30.3 Å². The molecule has 0 spiro atoms. The number of nitrogens with one attached hydrogen (secondary N) is 2. The second-order valence-electron chi connectivity index (χ2n) is 6.25. The molecule has 2 rings (SSSR count). The molecule has 2 N–H and O–H groups in total. The van der Waals surface area contributed by atoms with Crippen molar-refractivity contribution in [2.24, 2.45) is 0 Å². The number of hydrogen-bond acceptors (Lipinski definition) is 7. The molecule has 0 radical (unpaired) electrons. The van der Waals surface area contributed by atoms with Crippen molar-refractivity contribution < 1.29 is 33.3 Å². The summed E-state index contributed by atoms with van der Waals surface area (Å²) >= 11 is 0. The van der Waals surface area contributed by atoms with Crippen molar-refractivity contribution in [3.05, 3.63) is 47.0 Å². The average molecular weight is 416 g/mol. The van der Waals surface area contributed by atoms with Gasteiger partial charge >= 0.3 is 12.2 Å². The van der Waals surface area contributed by atoms with Gasteiger partial charge in [0.15, 0.2) is 0 Å². The van der Waals surface area contributed by atoms with Crippen molar-refractivity contribution in [2.75, 3.05) is 38.1 Å². The summed E-state index contributed by atoms with van der Waals surface area (Å²) in [5.74, 6) is 0.753. The third kappa shape index (κ3) is 6.13. The Morgan fingerprint density at radius 2 is 1.43 bits per heavy atom. The molecule has 9 heteroatoms. The van der Waals surface area contributed by atoms with Crippen molar-refractivity contribution in [1.29, 1.82) is 0 Å². The Hall–Kier alpha value is -3.75. The summed E-state index contributed by atoms with van der Waals surface area (Å²) in [6.45, 7) is 3.89. The van der Waals surface area contributed by atoms with Gasteiger partial charge in [-0.3, -0.25) is 15.4 Å². The predicted molar refractivity (Wildman–Crippen MR) is 111 cm³/mol. The molecule has 9 nitrogen and oxygen atoms in total. The van der Waals surface area contributed by atoms with Gasteiger partial charge in [0.2, 0.25) is 0 Å². The van der Waals surface area contributed by atoms with Crippen molar-refractivity contribution in [3.63, 3.8) is 0 Å². The molecule has 2 aromatic rings. The van der Waals surface area contributed by atoms with Crippen LogP contribution in [0.5, 0.6) is 11.5 Å². The summed E-state index contributed by atoms with van der Waals surface area (Å²) in [5, 5.41) is 5.13. The second kappa shape index (κ2) is 10.7. The van der Waals surface area contributed by atoms with Crippen molar-refractivity contribution >= 4 is 29.8 Å². The van der Waals surface area contributed by atoms with Gasteiger partial charge in [0.1, 0.15) is 31.0 Å². The fourth-order valence-corrected chi connectivity index (χ4v) is 2.53. The quantitative estimate of drug-likeness (QED) is 0.495. The maximum absolute atomic E-state index is 11.6. The molecule has 0 saturated heterocycles. The Bertz CT molecular complexity index is 928. The molecule has 2 aromatic carbocycles. The zero-order valence-corrected chi connectivity index (χ0v) is 17.2. The van der Waals surface area contributed by atoms with E-state index in [1.165, 1.54) is 20.3 Å². The summed E-state index contributed by atoms with van der Waals surface area (Å²) in [4.78, 5) is 34.3. The Balaban J connectivity index is 2.08. The van der Waals surface area contributed by atoms with Crippen LogP contribution in [0.3, 0.4) is 0 Å². The van der Waals surface area contributed by atoms with E-state index in [0.717, 1.165) is 5.56 Å². The molecule has 0 atom stereocenters. The summed E-state index contributed by atoms with van der Waals surface area (Å²) < 4.78 is 20.7. The first-order valence-corrected chi connectivity index (χ1v) is 9.04. The summed E-state index contributed by atoms with van der Waals surface area (Å²) in [5.41, 5.74) is 2.88. The van der Waals surface area contributed by atoms with E-state index in [4.69, 9.17) is 9.47 Å². The molecule has 0 aliphatic heterocycles. The molecule has 160 valence electrons. The Morgan fingerprint density at radius 3 is 2.00 bits per heavy atom. The summed E-state index contributed by atoms with van der Waals surface area (Å²) in [6.07, 6.45) is -0.565. The topological polar surface area (TPSA) is 112 Å². The number of aldehydes is 1. The predicted octanol–water partition coefficient (Wildman–Crippen LogP) is 3.93. The normalized spacial score (nSPS) is 10.0. The molecule has 0 aromatic heterocycles. The molecule has 0 fully saturated rings. The molecule has 0 aliphatic carbocycles. The molecular weight excluding hydrogens is 392 g/mol. The van der Waals surface area contributed by atoms with E-state index in [1.807, 2.05) is 13.0 Å². The van der Waals surface area contributed by atoms with Gasteiger partial charge < -0.3 is 18.9 Å². The molecule has 0 bridgehead atoms. The second-order valence-corrected chi connectivity index (χ2v) is 6.25. The first kappa shape index (κ1) is 22.5. The lowest BCUT2D eigenvalue weighted by Gasteiger charge is -2.16. The highest BCUT2D eigenvalue weighted by Gasteiger charge is 2.13. The number of anilines is 2. The van der Waals surface area contributed by atoms with Gasteiger partial charge in [0.05, 0.1) is 25.6 Å². The van der Waals surface area contributed by atoms with Gasteiger partial charge in [-0.05, 0) is 49.2 Å². The number of ether oxygens (including phenoxy) is 4. The van der Waals surface area contributed by atoms with E-state index in [-0.39, 0.29) is 13.2 Å². The Kier molecular flexibility index (Phi) is 8.04. The number of rotatable bonds is 8. The van der Waals surface area contributed by atoms with Crippen LogP contribution < -0.4 is 20.1 Å². The zero-order chi connectivity index (χ0) is 22.1. The van der Waals surface area contributed by atoms with Crippen LogP contribution >= 0.6 is 0 Å². The number of hydrogen-bond donors (Lipinski definition) is 2. The number of benzene rings is 2. The van der Waals surface area contributed by atoms with Crippen molar-refractivity contribution in [1.82, 2.24) is 0 Å². The van der Waals surface area contributed by atoms with Gasteiger partial charge in [-0.1, -0.05) is 6.07 Å². The van der Waals surface area contributed by atoms with Gasteiger partial charge in [0.25, 0.3) is 0 Å². The number of aryl methyl sites for hydroxylation is 2. The molecule has 0 heterocycles. The third-order valence-electron chi connectivity index (χ3n) is 4.08. The molecule has 0 aliphatic rings. The largest absolute Gasteiger partial charge is 0.488 e. The minimum Gasteiger partial charge on any atom is -0.488 e. The van der Waals surface area contributed by atoms with E-state index >= 15 is 0 Å². The Morgan fingerprint density at radius 1 is 0.867 bits per heavy atom. The van der Waals surface area contributed by atoms with Gasteiger partial charge in [-0.25, -0.2) is 9.59 Å². The molecule has 30 heavy (non-hydrogen) atoms. The monoisotopic (exact) mass is 416 g/mol. The Labute approximate surface area is 174 Å². The van der Waals surface area contributed by atoms with Crippen LogP contribution in [0, 0.1) is 13.8 Å². The first-order chi connectivity index (χ1) is 14.4. The summed E-state index contributed by atoms with van der Waals surface area (Å²) in [6, 6.07) is 8.45. The minimum absolute atomic E-state index is 0.114. The van der Waals surface area contributed by atoms with Crippen LogP contribution in [-0.2, 0) is 9.47 Å². The average Bonchev–Trinajstić information content (AvgIpc) is 2.73. The van der Waals surface area contributed by atoms with E-state index < -0.39 is 12.2 Å². The smallest absolute Gasteiger partial charge is 0.411 e. The summed E-state index contributed by atoms with van der Waals surface area (Å²) in [7, 11) is 2.52. The fraction of sp³-hybridized carbons (Fsp3) is 0.286. The SMILES string of the molecule is COC(=O)Nc1ccc(C)cc1OCCOc1cc(C=O)c(C)cc1NC(=O)OC. The van der Waals surface area contributed by atoms with Crippen molar-refractivity contribution in [2.45, 2.75) is 13.8 Å². The van der Waals surface area contributed by atoms with E-state index in [1.54, 1.807) is 25.1 Å². The van der Waals surface area contributed by atoms with Crippen LogP contribution in [-0.4, -0.2) is 45.9 Å². The number of methoxy groups -OCH3 is 2.